The van der Waals surface area contributed by atoms with E-state index in [9.17, 15) is 4.79 Å². The third-order valence-corrected chi connectivity index (χ3v) is 5.70. The Morgan fingerprint density at radius 3 is 2.18 bits per heavy atom. The number of hydrogen-bond acceptors (Lipinski definition) is 4. The van der Waals surface area contributed by atoms with Crippen molar-refractivity contribution in [2.75, 3.05) is 21.3 Å². The zero-order valence-electron chi connectivity index (χ0n) is 18.7. The second-order valence-corrected chi connectivity index (χ2v) is 7.93. The van der Waals surface area contributed by atoms with Crippen molar-refractivity contribution in [1.82, 2.24) is 4.90 Å². The molecule has 0 aliphatic carbocycles. The van der Waals surface area contributed by atoms with Crippen LogP contribution in [-0.2, 0) is 11.3 Å². The first-order valence-electron chi connectivity index (χ1n) is 10.4. The molecule has 0 unspecified atom stereocenters. The van der Waals surface area contributed by atoms with Gasteiger partial charge in [0, 0.05) is 10.6 Å². The third-order valence-electron chi connectivity index (χ3n) is 5.44. The number of methoxy groups -OCH3 is 3. The van der Waals surface area contributed by atoms with Crippen molar-refractivity contribution in [3.8, 4) is 17.2 Å². The molecule has 168 valence electrons. The average Bonchev–Trinajstić information content (AvgIpc) is 3.14. The van der Waals surface area contributed by atoms with E-state index in [1.165, 1.54) is 0 Å². The Morgan fingerprint density at radius 1 is 0.848 bits per heavy atom. The maximum absolute atomic E-state index is 13.5. The largest absolute Gasteiger partial charge is 0.497 e. The topological polar surface area (TPSA) is 48.0 Å². The minimum atomic E-state index is -0.0782. The standard InChI is InChI=1S/C27H24ClNO4/c1-31-23-11-4-18(5-12-23)17-29-24(20-7-9-22(28)10-8-20)16-21(27(29)30)14-19-6-13-25(32-2)26(15-19)33-3/h4-16H,17H2,1-3H3/b21-14+. The Morgan fingerprint density at radius 2 is 1.55 bits per heavy atom. The van der Waals surface area contributed by atoms with Crippen LogP contribution in [-0.4, -0.2) is 32.1 Å². The molecular weight excluding hydrogens is 438 g/mol. The van der Waals surface area contributed by atoms with Gasteiger partial charge in [-0.1, -0.05) is 41.9 Å². The van der Waals surface area contributed by atoms with Gasteiger partial charge in [0.15, 0.2) is 11.5 Å². The van der Waals surface area contributed by atoms with Crippen molar-refractivity contribution in [2.45, 2.75) is 6.54 Å². The highest BCUT2D eigenvalue weighted by Crippen LogP contribution is 2.34. The molecule has 0 saturated heterocycles. The number of rotatable bonds is 7. The van der Waals surface area contributed by atoms with Crippen LogP contribution in [0.4, 0.5) is 0 Å². The number of carbonyl (C=O) groups excluding carboxylic acids is 1. The van der Waals surface area contributed by atoms with Crippen molar-refractivity contribution in [3.63, 3.8) is 0 Å². The minimum Gasteiger partial charge on any atom is -0.497 e. The molecule has 0 fully saturated rings. The fourth-order valence-electron chi connectivity index (χ4n) is 3.71. The predicted octanol–water partition coefficient (Wildman–Crippen LogP) is 5.83. The van der Waals surface area contributed by atoms with Gasteiger partial charge in [-0.3, -0.25) is 4.79 Å². The minimum absolute atomic E-state index is 0.0782. The molecule has 1 heterocycles. The third kappa shape index (κ3) is 4.89. The van der Waals surface area contributed by atoms with Gasteiger partial charge in [0.05, 0.1) is 33.6 Å². The lowest BCUT2D eigenvalue weighted by molar-refractivity contribution is -0.123. The van der Waals surface area contributed by atoms with E-state index in [-0.39, 0.29) is 5.91 Å². The number of halogens is 1. The Labute approximate surface area is 198 Å². The molecule has 0 bridgehead atoms. The van der Waals surface area contributed by atoms with Crippen LogP contribution >= 0.6 is 11.6 Å². The smallest absolute Gasteiger partial charge is 0.258 e. The summed E-state index contributed by atoms with van der Waals surface area (Å²) in [5.41, 5.74) is 4.15. The second kappa shape index (κ2) is 9.84. The molecule has 0 atom stereocenters. The molecular formula is C27H24ClNO4. The first-order valence-corrected chi connectivity index (χ1v) is 10.8. The van der Waals surface area contributed by atoms with Crippen LogP contribution < -0.4 is 14.2 Å². The van der Waals surface area contributed by atoms with Gasteiger partial charge in [-0.15, -0.1) is 0 Å². The first kappa shape index (κ1) is 22.5. The highest BCUT2D eigenvalue weighted by Gasteiger charge is 2.29. The summed E-state index contributed by atoms with van der Waals surface area (Å²) in [6.45, 7) is 0.431. The highest BCUT2D eigenvalue weighted by molar-refractivity contribution is 6.30. The SMILES string of the molecule is COc1ccc(CN2C(=O)/C(=C/c3ccc(OC)c(OC)c3)C=C2c2ccc(Cl)cc2)cc1. The molecule has 4 rings (SSSR count). The van der Waals surface area contributed by atoms with Gasteiger partial charge in [-0.25, -0.2) is 0 Å². The highest BCUT2D eigenvalue weighted by atomic mass is 35.5. The Balaban J connectivity index is 1.71. The lowest BCUT2D eigenvalue weighted by Crippen LogP contribution is -2.25. The summed E-state index contributed by atoms with van der Waals surface area (Å²) >= 11 is 6.09. The van der Waals surface area contributed by atoms with Crippen molar-refractivity contribution >= 4 is 29.3 Å². The Hall–Kier alpha value is -3.70. The van der Waals surface area contributed by atoms with Crippen LogP contribution in [0, 0.1) is 0 Å². The van der Waals surface area contributed by atoms with Crippen molar-refractivity contribution in [3.05, 3.63) is 100 Å². The van der Waals surface area contributed by atoms with Gasteiger partial charge in [0.25, 0.3) is 5.91 Å². The number of carbonyl (C=O) groups is 1. The summed E-state index contributed by atoms with van der Waals surface area (Å²) in [6, 6.07) is 20.7. The van der Waals surface area contributed by atoms with Crippen molar-refractivity contribution in [2.24, 2.45) is 0 Å². The molecule has 0 aromatic heterocycles. The van der Waals surface area contributed by atoms with Crippen LogP contribution in [0.25, 0.3) is 11.8 Å². The zero-order chi connectivity index (χ0) is 23.4. The van der Waals surface area contributed by atoms with Gasteiger partial charge in [-0.2, -0.15) is 0 Å². The van der Waals surface area contributed by atoms with Crippen LogP contribution in [0.1, 0.15) is 16.7 Å². The van der Waals surface area contributed by atoms with E-state index in [1.807, 2.05) is 78.9 Å². The molecule has 0 spiro atoms. The lowest BCUT2D eigenvalue weighted by atomic mass is 10.1. The van der Waals surface area contributed by atoms with Gasteiger partial charge in [0.2, 0.25) is 0 Å². The average molecular weight is 462 g/mol. The van der Waals surface area contributed by atoms with Gasteiger partial charge >= 0.3 is 0 Å². The molecule has 3 aromatic rings. The predicted molar refractivity (Wildman–Crippen MR) is 130 cm³/mol. The number of amides is 1. The fraction of sp³-hybridized carbons (Fsp3) is 0.148. The number of ether oxygens (including phenoxy) is 3. The monoisotopic (exact) mass is 461 g/mol. The molecule has 0 N–H and O–H groups in total. The fourth-order valence-corrected chi connectivity index (χ4v) is 3.83. The quantitative estimate of drug-likeness (QED) is 0.415. The molecule has 1 amide bonds. The van der Waals surface area contributed by atoms with E-state index in [0.29, 0.717) is 28.6 Å². The maximum Gasteiger partial charge on any atom is 0.258 e. The Bertz CT molecular complexity index is 1210. The summed E-state index contributed by atoms with van der Waals surface area (Å²) in [4.78, 5) is 15.2. The molecule has 0 saturated carbocycles. The molecule has 6 heteroatoms. The van der Waals surface area contributed by atoms with E-state index in [1.54, 1.807) is 26.2 Å². The number of hydrogen-bond donors (Lipinski definition) is 0. The van der Waals surface area contributed by atoms with Crippen LogP contribution in [0.2, 0.25) is 5.02 Å². The molecule has 0 radical (unpaired) electrons. The Kier molecular flexibility index (Phi) is 6.71. The van der Waals surface area contributed by atoms with Gasteiger partial charge < -0.3 is 19.1 Å². The molecule has 5 nitrogen and oxygen atoms in total. The van der Waals surface area contributed by atoms with Crippen LogP contribution in [0.15, 0.2) is 78.4 Å². The van der Waals surface area contributed by atoms with E-state index in [4.69, 9.17) is 25.8 Å². The van der Waals surface area contributed by atoms with Crippen molar-refractivity contribution in [1.29, 1.82) is 0 Å². The maximum atomic E-state index is 13.5. The zero-order valence-corrected chi connectivity index (χ0v) is 19.4. The normalized spacial score (nSPS) is 14.4. The summed E-state index contributed by atoms with van der Waals surface area (Å²) < 4.78 is 16.0. The van der Waals surface area contributed by atoms with E-state index in [0.717, 1.165) is 28.1 Å². The molecule has 33 heavy (non-hydrogen) atoms. The summed E-state index contributed by atoms with van der Waals surface area (Å²) in [5, 5.41) is 0.645. The second-order valence-electron chi connectivity index (χ2n) is 7.49. The first-order chi connectivity index (χ1) is 16.0. The van der Waals surface area contributed by atoms with Crippen molar-refractivity contribution < 1.29 is 19.0 Å². The van der Waals surface area contributed by atoms with E-state index >= 15 is 0 Å². The molecule has 1 aliphatic heterocycles. The summed E-state index contributed by atoms with van der Waals surface area (Å²) in [6.07, 6.45) is 3.76. The van der Waals surface area contributed by atoms with Crippen LogP contribution in [0.5, 0.6) is 17.2 Å². The summed E-state index contributed by atoms with van der Waals surface area (Å²) in [5.74, 6) is 1.93. The van der Waals surface area contributed by atoms with E-state index < -0.39 is 0 Å². The summed E-state index contributed by atoms with van der Waals surface area (Å²) in [7, 11) is 4.81. The molecule has 1 aliphatic rings. The van der Waals surface area contributed by atoms with Gasteiger partial charge in [0.1, 0.15) is 5.75 Å². The number of nitrogens with zero attached hydrogens (tertiary/aromatic N) is 1. The van der Waals surface area contributed by atoms with E-state index in [2.05, 4.69) is 0 Å². The van der Waals surface area contributed by atoms with Crippen LogP contribution in [0.3, 0.4) is 0 Å². The number of benzene rings is 3. The lowest BCUT2D eigenvalue weighted by Gasteiger charge is -2.21. The molecule has 3 aromatic carbocycles. The van der Waals surface area contributed by atoms with Gasteiger partial charge in [-0.05, 0) is 65.2 Å².